The fourth-order valence-corrected chi connectivity index (χ4v) is 4.78. The molecular formula is C24H31N4O5P. The number of hydrogen-bond acceptors (Lipinski definition) is 7. The summed E-state index contributed by atoms with van der Waals surface area (Å²) in [6, 6.07) is 13.4. The molecule has 0 fully saturated rings. The Labute approximate surface area is 199 Å². The zero-order chi connectivity index (χ0) is 24.6. The number of aromatic nitrogens is 2. The van der Waals surface area contributed by atoms with E-state index in [-0.39, 0.29) is 19.4 Å². The Morgan fingerprint density at radius 3 is 2.59 bits per heavy atom. The predicted octanol–water partition coefficient (Wildman–Crippen LogP) is 2.53. The highest BCUT2D eigenvalue weighted by Crippen LogP contribution is 2.39. The second-order valence-electron chi connectivity index (χ2n) is 7.89. The number of imidazole rings is 1. The lowest BCUT2D eigenvalue weighted by Gasteiger charge is -2.14. The number of aliphatic hydroxyl groups excluding tert-OH is 1. The number of aromatic amines is 1. The fourth-order valence-electron chi connectivity index (χ4n) is 3.37. The molecule has 1 atom stereocenters. The van der Waals surface area contributed by atoms with Crippen molar-refractivity contribution in [2.75, 3.05) is 39.6 Å². The number of carbonyl (C=O) groups excluding carboxylic acids is 1. The molecule has 2 heterocycles. The van der Waals surface area contributed by atoms with Crippen LogP contribution in [0.25, 0.3) is 11.0 Å². The molecule has 1 aliphatic heterocycles. The molecule has 1 unspecified atom stereocenters. The van der Waals surface area contributed by atoms with Gasteiger partial charge in [-0.15, -0.1) is 0 Å². The number of nitrogens with zero attached hydrogens (tertiary/aromatic N) is 3. The quantitative estimate of drug-likeness (QED) is 0.328. The first kappa shape index (κ1) is 25.5. The highest BCUT2D eigenvalue weighted by molar-refractivity contribution is 7.66. The van der Waals surface area contributed by atoms with Gasteiger partial charge in [0, 0.05) is 43.9 Å². The Morgan fingerprint density at radius 2 is 1.97 bits per heavy atom. The van der Waals surface area contributed by atoms with Crippen LogP contribution >= 0.6 is 7.37 Å². The third-order valence-corrected chi connectivity index (χ3v) is 7.18. The van der Waals surface area contributed by atoms with E-state index < -0.39 is 13.3 Å². The van der Waals surface area contributed by atoms with Gasteiger partial charge in [-0.2, -0.15) is 0 Å². The molecule has 1 aliphatic rings. The van der Waals surface area contributed by atoms with Crippen molar-refractivity contribution in [3.8, 4) is 0 Å². The second kappa shape index (κ2) is 11.8. The van der Waals surface area contributed by atoms with E-state index in [0.717, 1.165) is 13.2 Å². The SMILES string of the molecule is CCN1C=CN(C)C1.O=C(OCCO)c1ccc2nc(CCP(=O)(O)c3ccccc3)[nH]c2c1. The standard InChI is InChI=1S/C18H19N2O5P.C6H12N2/c21-9-10-25-18(22)13-6-7-15-16(12-13)20-17(19-15)8-11-26(23,24)14-4-2-1-3-5-14;1-3-8-5-4-7(2)6-8/h1-7,12,21H,8-11H2,(H,19,20)(H,23,24);4-5H,3,6H2,1-2H3. The molecule has 0 spiro atoms. The molecule has 0 amide bonds. The van der Waals surface area contributed by atoms with E-state index in [0.29, 0.717) is 34.1 Å². The van der Waals surface area contributed by atoms with Crippen molar-refractivity contribution in [2.45, 2.75) is 13.3 Å². The van der Waals surface area contributed by atoms with Crippen LogP contribution in [0.2, 0.25) is 0 Å². The topological polar surface area (TPSA) is 119 Å². The van der Waals surface area contributed by atoms with Gasteiger partial charge < -0.3 is 29.5 Å². The molecule has 10 heteroatoms. The van der Waals surface area contributed by atoms with E-state index in [1.165, 1.54) is 0 Å². The van der Waals surface area contributed by atoms with Crippen molar-refractivity contribution in [1.82, 2.24) is 19.8 Å². The zero-order valence-corrected chi connectivity index (χ0v) is 20.3. The minimum absolute atomic E-state index is 0.0592. The number of benzene rings is 2. The van der Waals surface area contributed by atoms with Gasteiger partial charge in [0.05, 0.1) is 29.9 Å². The fraction of sp³-hybridized carbons (Fsp3) is 0.333. The molecule has 9 nitrogen and oxygen atoms in total. The maximum atomic E-state index is 12.5. The van der Waals surface area contributed by atoms with Gasteiger partial charge in [-0.05, 0) is 37.3 Å². The van der Waals surface area contributed by atoms with Crippen LogP contribution in [-0.2, 0) is 15.7 Å². The van der Waals surface area contributed by atoms with Gasteiger partial charge in [-0.1, -0.05) is 18.2 Å². The summed E-state index contributed by atoms with van der Waals surface area (Å²) < 4.78 is 17.4. The van der Waals surface area contributed by atoms with Crippen LogP contribution in [0.1, 0.15) is 23.1 Å². The molecular weight excluding hydrogens is 455 g/mol. The molecule has 1 aromatic heterocycles. The molecule has 0 aliphatic carbocycles. The highest BCUT2D eigenvalue weighted by atomic mass is 31.2. The summed E-state index contributed by atoms with van der Waals surface area (Å²) in [6.45, 7) is 4.03. The van der Waals surface area contributed by atoms with Gasteiger partial charge in [-0.3, -0.25) is 4.57 Å². The van der Waals surface area contributed by atoms with E-state index in [9.17, 15) is 14.3 Å². The molecule has 4 rings (SSSR count). The Morgan fingerprint density at radius 1 is 1.21 bits per heavy atom. The minimum Gasteiger partial charge on any atom is -0.460 e. The normalized spacial score (nSPS) is 14.6. The van der Waals surface area contributed by atoms with Crippen LogP contribution in [0, 0.1) is 0 Å². The van der Waals surface area contributed by atoms with Gasteiger partial charge in [-0.25, -0.2) is 9.78 Å². The summed E-state index contributed by atoms with van der Waals surface area (Å²) in [7, 11) is -1.37. The Hall–Kier alpha value is -3.13. The number of ether oxygens (including phenoxy) is 1. The molecule has 0 radical (unpaired) electrons. The van der Waals surface area contributed by atoms with E-state index in [1.54, 1.807) is 48.5 Å². The van der Waals surface area contributed by atoms with Gasteiger partial charge in [0.1, 0.15) is 12.4 Å². The van der Waals surface area contributed by atoms with Crippen LogP contribution in [0.5, 0.6) is 0 Å². The van der Waals surface area contributed by atoms with Crippen LogP contribution in [0.3, 0.4) is 0 Å². The molecule has 2 aromatic carbocycles. The Balaban J connectivity index is 0.000000343. The lowest BCUT2D eigenvalue weighted by Crippen LogP contribution is -2.21. The molecule has 0 bridgehead atoms. The lowest BCUT2D eigenvalue weighted by molar-refractivity contribution is 0.0434. The summed E-state index contributed by atoms with van der Waals surface area (Å²) in [5.74, 6) is 0.0483. The largest absolute Gasteiger partial charge is 0.460 e. The molecule has 0 saturated carbocycles. The first-order valence-electron chi connectivity index (χ1n) is 11.1. The van der Waals surface area contributed by atoms with Gasteiger partial charge >= 0.3 is 5.97 Å². The Bertz CT molecular complexity index is 1160. The molecule has 3 N–H and O–H groups in total. The first-order chi connectivity index (χ1) is 16.3. The number of carbonyl (C=O) groups is 1. The minimum atomic E-state index is -3.45. The maximum Gasteiger partial charge on any atom is 0.338 e. The monoisotopic (exact) mass is 486 g/mol. The predicted molar refractivity (Wildman–Crippen MR) is 132 cm³/mol. The summed E-state index contributed by atoms with van der Waals surface area (Å²) >= 11 is 0. The number of H-pyrrole nitrogens is 1. The van der Waals surface area contributed by atoms with E-state index in [1.807, 2.05) is 0 Å². The smallest absolute Gasteiger partial charge is 0.338 e. The van der Waals surface area contributed by atoms with Crippen molar-refractivity contribution in [1.29, 1.82) is 0 Å². The average Bonchev–Trinajstić information content (AvgIpc) is 3.47. The number of nitrogens with one attached hydrogen (secondary N) is 1. The summed E-state index contributed by atoms with van der Waals surface area (Å²) in [4.78, 5) is 34.0. The van der Waals surface area contributed by atoms with Crippen molar-refractivity contribution in [3.63, 3.8) is 0 Å². The van der Waals surface area contributed by atoms with Crippen molar-refractivity contribution in [3.05, 3.63) is 72.3 Å². The van der Waals surface area contributed by atoms with E-state index in [4.69, 9.17) is 9.84 Å². The number of esters is 1. The second-order valence-corrected chi connectivity index (χ2v) is 10.3. The third kappa shape index (κ3) is 6.93. The van der Waals surface area contributed by atoms with Crippen LogP contribution in [-0.4, -0.2) is 75.4 Å². The summed E-state index contributed by atoms with van der Waals surface area (Å²) in [5.41, 5.74) is 1.65. The van der Waals surface area contributed by atoms with Gasteiger partial charge in [0.25, 0.3) is 0 Å². The summed E-state index contributed by atoms with van der Waals surface area (Å²) in [6.07, 6.45) is 4.58. The number of hydrogen-bond donors (Lipinski definition) is 3. The van der Waals surface area contributed by atoms with E-state index >= 15 is 0 Å². The van der Waals surface area contributed by atoms with Crippen molar-refractivity contribution in [2.24, 2.45) is 0 Å². The molecule has 0 saturated heterocycles. The van der Waals surface area contributed by atoms with Crippen molar-refractivity contribution >= 4 is 29.7 Å². The van der Waals surface area contributed by atoms with Gasteiger partial charge in [0.2, 0.25) is 7.37 Å². The van der Waals surface area contributed by atoms with Gasteiger partial charge in [0.15, 0.2) is 0 Å². The number of aryl methyl sites for hydroxylation is 1. The first-order valence-corrected chi connectivity index (χ1v) is 12.9. The third-order valence-electron chi connectivity index (χ3n) is 5.25. The summed E-state index contributed by atoms with van der Waals surface area (Å²) in [5, 5.41) is 9.13. The lowest BCUT2D eigenvalue weighted by atomic mass is 10.2. The van der Waals surface area contributed by atoms with Crippen LogP contribution in [0.4, 0.5) is 0 Å². The zero-order valence-electron chi connectivity index (χ0n) is 19.4. The highest BCUT2D eigenvalue weighted by Gasteiger charge is 2.21. The number of rotatable bonds is 8. The van der Waals surface area contributed by atoms with Crippen LogP contribution in [0.15, 0.2) is 60.9 Å². The van der Waals surface area contributed by atoms with Crippen molar-refractivity contribution < 1.29 is 24.1 Å². The molecule has 182 valence electrons. The Kier molecular flexibility index (Phi) is 8.87. The maximum absolute atomic E-state index is 12.5. The molecule has 34 heavy (non-hydrogen) atoms. The number of fused-ring (bicyclic) bond motifs is 1. The molecule has 3 aromatic rings. The van der Waals surface area contributed by atoms with E-state index in [2.05, 4.69) is 46.1 Å². The number of aliphatic hydroxyl groups is 1. The average molecular weight is 487 g/mol. The van der Waals surface area contributed by atoms with Crippen LogP contribution < -0.4 is 5.30 Å².